The van der Waals surface area contributed by atoms with Gasteiger partial charge >= 0.3 is 67.4 Å². The lowest BCUT2D eigenvalue weighted by Gasteiger charge is -2.52. The quantitative estimate of drug-likeness (QED) is 0.0732. The van der Waals surface area contributed by atoms with Gasteiger partial charge in [0.1, 0.15) is 0 Å². The Hall–Kier alpha value is 2.17. The summed E-state index contributed by atoms with van der Waals surface area (Å²) in [5.74, 6) is 0. The first kappa shape index (κ1) is 38.6. The molecule has 3 heterocycles. The van der Waals surface area contributed by atoms with E-state index in [-0.39, 0.29) is 37.3 Å². The maximum absolute atomic E-state index is 11.5. The maximum Gasteiger partial charge on any atom is 0.564 e. The summed E-state index contributed by atoms with van der Waals surface area (Å²) in [4.78, 5) is 11.5. The van der Waals surface area contributed by atoms with Gasteiger partial charge in [-0.1, -0.05) is 0 Å². The van der Waals surface area contributed by atoms with Crippen molar-refractivity contribution in [2.75, 3.05) is 7.11 Å². The Morgan fingerprint density at radius 3 is 1.43 bits per heavy atom. The SMILES string of the molecule is CO[Si@@]1(P=N)O[Si]2(P=N)C[Si@]3(P=N)O[Si](P=N)(O[Si](O)(P=N)O[Si](P=N)(O3)O1)O[Si](O[Si](C)(C)O[Si](C)(C)C)(P=N)O2. The average molecular weight is 872 g/mol. The van der Waals surface area contributed by atoms with Crippen LogP contribution < -0.4 is 0 Å². The minimum atomic E-state index is -4.79. The van der Waals surface area contributed by atoms with E-state index in [0.29, 0.717) is 0 Å². The molecule has 3 rings (SSSR count). The van der Waals surface area contributed by atoms with Crippen molar-refractivity contribution in [2.24, 2.45) is 0 Å². The van der Waals surface area contributed by atoms with Crippen LogP contribution in [-0.4, -0.2) is 87.6 Å². The molecule has 0 saturated carbocycles. The molecule has 4 bridgehead atoms. The minimum absolute atomic E-state index is 0.224. The van der Waals surface area contributed by atoms with Gasteiger partial charge in [-0.2, -0.15) is 0 Å². The molecule has 35 heteroatoms. The lowest BCUT2D eigenvalue weighted by atomic mass is 11.8. The second kappa shape index (κ2) is 13.6. The summed E-state index contributed by atoms with van der Waals surface area (Å²) in [6.45, 7) is 9.35. The lowest BCUT2D eigenvalue weighted by molar-refractivity contribution is 0.0955. The van der Waals surface area contributed by atoms with Crippen molar-refractivity contribution in [1.82, 2.24) is 0 Å². The predicted octanol–water partition coefficient (Wildman–Crippen LogP) is 6.92. The highest BCUT2D eigenvalue weighted by atomic mass is 31.4. The van der Waals surface area contributed by atoms with Crippen molar-refractivity contribution in [3.63, 3.8) is 0 Å². The van der Waals surface area contributed by atoms with Crippen molar-refractivity contribution in [3.05, 3.63) is 0 Å². The molecule has 0 aliphatic carbocycles. The molecule has 234 valence electrons. The summed E-state index contributed by atoms with van der Waals surface area (Å²) < 4.78 is 68.9. The summed E-state index contributed by atoms with van der Waals surface area (Å²) in [5.41, 5.74) is -0.319. The highest BCUT2D eigenvalue weighted by Gasteiger charge is 2.78. The molecule has 0 spiro atoms. The molecule has 0 aromatic carbocycles. The topological polar surface area (TPSA) is 289 Å². The van der Waals surface area contributed by atoms with Gasteiger partial charge in [0.25, 0.3) is 0 Å². The van der Waals surface area contributed by atoms with Crippen LogP contribution in [0.15, 0.2) is 0 Å². The summed E-state index contributed by atoms with van der Waals surface area (Å²) in [6, 6.07) is 0. The first-order chi connectivity index (χ1) is 19.3. The van der Waals surface area contributed by atoms with E-state index >= 15 is 0 Å². The van der Waals surface area contributed by atoms with Crippen molar-refractivity contribution in [2.45, 2.75) is 38.4 Å². The largest absolute Gasteiger partial charge is 0.564 e. The third kappa shape index (κ3) is 8.41. The fourth-order valence-electron chi connectivity index (χ4n) is 3.83. The molecule has 0 radical (unpaired) electrons. The van der Waals surface area contributed by atoms with Crippen molar-refractivity contribution >= 4 is 131 Å². The van der Waals surface area contributed by atoms with Gasteiger partial charge in [0, 0.05) is 23.0 Å². The molecule has 42 heavy (non-hydrogen) atoms. The van der Waals surface area contributed by atoms with Crippen molar-refractivity contribution in [1.29, 1.82) is 36.1 Å². The molecule has 3 aliphatic heterocycles. The van der Waals surface area contributed by atoms with E-state index in [4.69, 9.17) is 81.7 Å². The summed E-state index contributed by atoms with van der Waals surface area (Å²) >= 11 is 0. The van der Waals surface area contributed by atoms with Crippen LogP contribution in [0.5, 0.6) is 0 Å². The molecule has 0 amide bonds. The molecule has 5 unspecified atom stereocenters. The van der Waals surface area contributed by atoms with Crippen LogP contribution in [0.4, 0.5) is 0 Å². The standard InChI is InChI=1S/C7H28N7O12P7Si9/c1-16-39(30-11)19-36(27-8)7-37(28-9)21-41(25-39,32-13)23-38(15,29-10)24-42(22-37,33-14)26-40(20-36,31-12)18-35(5,6)17-34(2,3)4/h8-15H,7H2,1-6H3/t36?,37-,38?,39-,40?,41?,42?/m1/s1. The zero-order chi connectivity index (χ0) is 31.9. The van der Waals surface area contributed by atoms with Crippen LogP contribution in [0, 0.1) is 36.1 Å². The Morgan fingerprint density at radius 1 is 0.595 bits per heavy atom. The molecule has 3 saturated heterocycles. The van der Waals surface area contributed by atoms with Gasteiger partial charge in [0.15, 0.2) is 8.32 Å². The second-order valence-corrected chi connectivity index (χ2v) is 53.5. The van der Waals surface area contributed by atoms with Gasteiger partial charge < -0.3 is 50.4 Å². The van der Waals surface area contributed by atoms with Crippen LogP contribution >= 0.6 is 55.4 Å². The average Bonchev–Trinajstić information content (AvgIpc) is 2.88. The van der Waals surface area contributed by atoms with Gasteiger partial charge in [-0.25, -0.2) is 0 Å². The van der Waals surface area contributed by atoms with Crippen molar-refractivity contribution in [3.8, 4) is 0 Å². The van der Waals surface area contributed by atoms with Crippen LogP contribution in [0.2, 0.25) is 38.4 Å². The van der Waals surface area contributed by atoms with Crippen LogP contribution in [0.25, 0.3) is 0 Å². The minimum Gasteiger partial charge on any atom is -0.437 e. The summed E-state index contributed by atoms with van der Waals surface area (Å²) in [7, 11) is -37.7. The molecule has 8 N–H and O–H groups in total. The normalized spacial score (nSPS) is 43.8. The Labute approximate surface area is 261 Å². The highest BCUT2D eigenvalue weighted by molar-refractivity contribution is 7.85. The third-order valence-electron chi connectivity index (χ3n) is 4.85. The third-order valence-corrected chi connectivity index (χ3v) is 59.5. The van der Waals surface area contributed by atoms with Gasteiger partial charge in [-0.3, -0.25) is 36.1 Å². The molecular weight excluding hydrogens is 844 g/mol. The van der Waals surface area contributed by atoms with E-state index in [1.54, 1.807) is 13.1 Å². The zero-order valence-electron chi connectivity index (χ0n) is 22.8. The molecule has 0 aromatic heterocycles. The van der Waals surface area contributed by atoms with E-state index in [2.05, 4.69) is 0 Å². The maximum atomic E-state index is 11.5. The molecule has 0 aromatic rings. The van der Waals surface area contributed by atoms with Gasteiger partial charge in [0.05, 0.1) is 45.3 Å². The van der Waals surface area contributed by atoms with Crippen molar-refractivity contribution < 1.29 is 50.4 Å². The number of hydrogen-bond acceptors (Lipinski definition) is 19. The van der Waals surface area contributed by atoms with Crippen LogP contribution in [-0.2, 0) is 45.6 Å². The summed E-state index contributed by atoms with van der Waals surface area (Å²) in [5, 5.41) is 58.8. The Kier molecular flexibility index (Phi) is 12.5. The van der Waals surface area contributed by atoms with Gasteiger partial charge in [0.2, 0.25) is 0 Å². The number of nitrogens with one attached hydrogen (secondary N) is 7. The molecule has 19 nitrogen and oxygen atoms in total. The van der Waals surface area contributed by atoms with Crippen LogP contribution in [0.1, 0.15) is 0 Å². The monoisotopic (exact) mass is 871 g/mol. The zero-order valence-corrected chi connectivity index (χ0v) is 38.0. The lowest BCUT2D eigenvalue weighted by Crippen LogP contribution is -2.76. The first-order valence-corrected chi connectivity index (χ1v) is 42.3. The molecule has 7 atom stereocenters. The second-order valence-electron chi connectivity index (χ2n) is 9.77. The number of rotatable bonds is 12. The van der Waals surface area contributed by atoms with Gasteiger partial charge in [-0.15, -0.1) is 0 Å². The van der Waals surface area contributed by atoms with E-state index in [9.17, 15) is 4.80 Å². The summed E-state index contributed by atoms with van der Waals surface area (Å²) in [6.07, 6.45) is 0. The van der Waals surface area contributed by atoms with Crippen LogP contribution in [0.3, 0.4) is 0 Å². The Bertz CT molecular complexity index is 1190. The smallest absolute Gasteiger partial charge is 0.437 e. The first-order valence-electron chi connectivity index (χ1n) is 11.3. The molecular formula is C7H28N7O12P7Si9. The number of fused-ring (bicyclic) bond motifs is 3. The Balaban J connectivity index is 2.42. The Morgan fingerprint density at radius 2 is 1.05 bits per heavy atom. The fourth-order valence-corrected chi connectivity index (χ4v) is 81.1. The highest BCUT2D eigenvalue weighted by Crippen LogP contribution is 2.56. The predicted molar refractivity (Wildman–Crippen MR) is 173 cm³/mol. The van der Waals surface area contributed by atoms with E-state index < -0.39 is 99.5 Å². The van der Waals surface area contributed by atoms with E-state index in [0.717, 1.165) is 0 Å². The van der Waals surface area contributed by atoms with Gasteiger partial charge in [-0.05, 0) is 32.7 Å². The molecule has 3 aliphatic rings. The molecule has 3 fully saturated rings. The van der Waals surface area contributed by atoms with E-state index in [1.807, 2.05) is 19.6 Å². The van der Waals surface area contributed by atoms with E-state index in [1.165, 1.54) is 7.11 Å². The number of hydrogen-bond donors (Lipinski definition) is 8. The fraction of sp³-hybridized carbons (Fsp3) is 1.00.